The fourth-order valence-electron chi connectivity index (χ4n) is 1.72. The van der Waals surface area contributed by atoms with Gasteiger partial charge in [0.15, 0.2) is 0 Å². The molecule has 2 aromatic rings. The fourth-order valence-corrected chi connectivity index (χ4v) is 2.74. The summed E-state index contributed by atoms with van der Waals surface area (Å²) in [6.07, 6.45) is 1.25. The number of benzene rings is 1. The maximum Gasteiger partial charge on any atom is 0.222 e. The first-order valence-corrected chi connectivity index (χ1v) is 6.81. The number of hydrogen-bond donors (Lipinski definition) is 1. The van der Waals surface area contributed by atoms with Gasteiger partial charge in [-0.25, -0.2) is 4.98 Å². The van der Waals surface area contributed by atoms with E-state index in [0.29, 0.717) is 19.5 Å². The fraction of sp³-hybridized carbons (Fsp3) is 0.385. The number of thiazole rings is 1. The molecule has 0 bridgehead atoms. The van der Waals surface area contributed by atoms with Gasteiger partial charge in [0.05, 0.1) is 16.8 Å². The molecule has 0 aliphatic rings. The van der Waals surface area contributed by atoms with E-state index in [1.54, 1.807) is 16.2 Å². The third-order valence-corrected chi connectivity index (χ3v) is 3.75. The van der Waals surface area contributed by atoms with Crippen LogP contribution in [0, 0.1) is 0 Å². The van der Waals surface area contributed by atoms with Crippen molar-refractivity contribution in [1.29, 1.82) is 0 Å². The second-order valence-electron chi connectivity index (χ2n) is 4.22. The van der Waals surface area contributed by atoms with Gasteiger partial charge in [0.1, 0.15) is 5.01 Å². The number of carbonyl (C=O) groups is 1. The van der Waals surface area contributed by atoms with Crippen molar-refractivity contribution in [2.45, 2.75) is 19.4 Å². The summed E-state index contributed by atoms with van der Waals surface area (Å²) in [4.78, 5) is 18.0. The Morgan fingerprint density at radius 1 is 1.44 bits per heavy atom. The third-order valence-electron chi connectivity index (χ3n) is 2.73. The Labute approximate surface area is 110 Å². The highest BCUT2D eigenvalue weighted by molar-refractivity contribution is 7.18. The lowest BCUT2D eigenvalue weighted by molar-refractivity contribution is -0.130. The zero-order valence-corrected chi connectivity index (χ0v) is 11.2. The van der Waals surface area contributed by atoms with Gasteiger partial charge in [-0.15, -0.1) is 11.3 Å². The second-order valence-corrected chi connectivity index (χ2v) is 5.33. The lowest BCUT2D eigenvalue weighted by Crippen LogP contribution is -2.26. The van der Waals surface area contributed by atoms with E-state index in [0.717, 1.165) is 21.6 Å². The molecule has 1 heterocycles. The Bertz CT molecular complexity index is 505. The molecule has 96 valence electrons. The molecule has 1 aromatic heterocycles. The zero-order valence-electron chi connectivity index (χ0n) is 10.4. The first kappa shape index (κ1) is 13.0. The van der Waals surface area contributed by atoms with Crippen LogP contribution < -0.4 is 5.73 Å². The summed E-state index contributed by atoms with van der Waals surface area (Å²) in [5.41, 5.74) is 6.40. The lowest BCUT2D eigenvalue weighted by atomic mass is 10.3. The molecule has 0 spiro atoms. The van der Waals surface area contributed by atoms with Crippen LogP contribution in [0.1, 0.15) is 17.8 Å². The maximum absolute atomic E-state index is 11.8. The average molecular weight is 263 g/mol. The van der Waals surface area contributed by atoms with Crippen molar-refractivity contribution in [2.75, 3.05) is 13.6 Å². The minimum Gasteiger partial charge on any atom is -0.339 e. The van der Waals surface area contributed by atoms with E-state index < -0.39 is 0 Å². The van der Waals surface area contributed by atoms with Gasteiger partial charge < -0.3 is 10.6 Å². The van der Waals surface area contributed by atoms with E-state index in [9.17, 15) is 4.79 Å². The highest BCUT2D eigenvalue weighted by Gasteiger charge is 2.11. The van der Waals surface area contributed by atoms with E-state index in [-0.39, 0.29) is 5.91 Å². The molecule has 1 aromatic carbocycles. The number of fused-ring (bicyclic) bond motifs is 1. The summed E-state index contributed by atoms with van der Waals surface area (Å²) in [5.74, 6) is 0.125. The number of hydrogen-bond acceptors (Lipinski definition) is 4. The molecule has 0 aliphatic heterocycles. The topological polar surface area (TPSA) is 59.2 Å². The number of para-hydroxylation sites is 1. The van der Waals surface area contributed by atoms with E-state index in [1.807, 2.05) is 31.3 Å². The largest absolute Gasteiger partial charge is 0.339 e. The molecule has 4 nitrogen and oxygen atoms in total. The van der Waals surface area contributed by atoms with Crippen LogP contribution in [0.15, 0.2) is 24.3 Å². The molecule has 0 atom stereocenters. The van der Waals surface area contributed by atoms with Gasteiger partial charge in [0.2, 0.25) is 5.91 Å². The Morgan fingerprint density at radius 3 is 2.94 bits per heavy atom. The minimum atomic E-state index is 0.125. The van der Waals surface area contributed by atoms with Crippen LogP contribution in [-0.2, 0) is 11.3 Å². The SMILES string of the molecule is CN(Cc1nc2ccccc2s1)C(=O)CCCN. The van der Waals surface area contributed by atoms with Crippen LogP contribution in [0.4, 0.5) is 0 Å². The number of nitrogens with zero attached hydrogens (tertiary/aromatic N) is 2. The average Bonchev–Trinajstić information content (AvgIpc) is 2.77. The first-order chi connectivity index (χ1) is 8.70. The normalized spacial score (nSPS) is 10.8. The van der Waals surface area contributed by atoms with Crippen LogP contribution in [0.25, 0.3) is 10.2 Å². The van der Waals surface area contributed by atoms with Gasteiger partial charge in [-0.05, 0) is 25.1 Å². The van der Waals surface area contributed by atoms with Gasteiger partial charge in [-0.1, -0.05) is 12.1 Å². The first-order valence-electron chi connectivity index (χ1n) is 5.99. The van der Waals surface area contributed by atoms with Crippen molar-refractivity contribution in [3.05, 3.63) is 29.3 Å². The monoisotopic (exact) mass is 263 g/mol. The molecule has 18 heavy (non-hydrogen) atoms. The van der Waals surface area contributed by atoms with Crippen molar-refractivity contribution in [1.82, 2.24) is 9.88 Å². The van der Waals surface area contributed by atoms with Crippen molar-refractivity contribution >= 4 is 27.5 Å². The van der Waals surface area contributed by atoms with E-state index in [1.165, 1.54) is 0 Å². The molecular formula is C13H17N3OS. The molecule has 0 unspecified atom stereocenters. The minimum absolute atomic E-state index is 0.125. The Morgan fingerprint density at radius 2 is 2.22 bits per heavy atom. The molecule has 0 fully saturated rings. The van der Waals surface area contributed by atoms with Crippen LogP contribution in [0.2, 0.25) is 0 Å². The Hall–Kier alpha value is -1.46. The van der Waals surface area contributed by atoms with Crippen molar-refractivity contribution in [3.8, 4) is 0 Å². The van der Waals surface area contributed by atoms with Gasteiger partial charge in [0.25, 0.3) is 0 Å². The Balaban J connectivity index is 2.02. The molecule has 2 rings (SSSR count). The molecule has 0 saturated heterocycles. The second kappa shape index (κ2) is 5.93. The van der Waals surface area contributed by atoms with Gasteiger partial charge in [-0.2, -0.15) is 0 Å². The van der Waals surface area contributed by atoms with Crippen molar-refractivity contribution in [2.24, 2.45) is 5.73 Å². The van der Waals surface area contributed by atoms with Crippen molar-refractivity contribution < 1.29 is 4.79 Å². The van der Waals surface area contributed by atoms with Gasteiger partial charge in [0, 0.05) is 13.5 Å². The molecule has 2 N–H and O–H groups in total. The third kappa shape index (κ3) is 3.05. The van der Waals surface area contributed by atoms with Crippen LogP contribution in [-0.4, -0.2) is 29.4 Å². The highest BCUT2D eigenvalue weighted by Crippen LogP contribution is 2.22. The van der Waals surface area contributed by atoms with E-state index in [2.05, 4.69) is 4.98 Å². The smallest absolute Gasteiger partial charge is 0.222 e. The van der Waals surface area contributed by atoms with Crippen molar-refractivity contribution in [3.63, 3.8) is 0 Å². The molecular weight excluding hydrogens is 246 g/mol. The summed E-state index contributed by atoms with van der Waals surface area (Å²) >= 11 is 1.64. The molecule has 1 amide bonds. The lowest BCUT2D eigenvalue weighted by Gasteiger charge is -2.15. The summed E-state index contributed by atoms with van der Waals surface area (Å²) in [6.45, 7) is 1.13. The van der Waals surface area contributed by atoms with E-state index in [4.69, 9.17) is 5.73 Å². The summed E-state index contributed by atoms with van der Waals surface area (Å²) < 4.78 is 1.16. The quantitative estimate of drug-likeness (QED) is 0.897. The van der Waals surface area contributed by atoms with Crippen LogP contribution >= 0.6 is 11.3 Å². The van der Waals surface area contributed by atoms with Crippen LogP contribution in [0.5, 0.6) is 0 Å². The molecule has 5 heteroatoms. The van der Waals surface area contributed by atoms with Gasteiger partial charge >= 0.3 is 0 Å². The molecule has 0 aliphatic carbocycles. The summed E-state index contributed by atoms with van der Waals surface area (Å²) in [6, 6.07) is 8.01. The summed E-state index contributed by atoms with van der Waals surface area (Å²) in [7, 11) is 1.81. The highest BCUT2D eigenvalue weighted by atomic mass is 32.1. The standard InChI is InChI=1S/C13H17N3OS/c1-16(13(17)7-4-8-14)9-12-15-10-5-2-3-6-11(10)18-12/h2-3,5-6H,4,7-9,14H2,1H3. The molecule has 0 radical (unpaired) electrons. The number of amides is 1. The zero-order chi connectivity index (χ0) is 13.0. The summed E-state index contributed by atoms with van der Waals surface area (Å²) in [5, 5.41) is 0.972. The predicted octanol–water partition coefficient (Wildman–Crippen LogP) is 1.99. The number of rotatable bonds is 5. The van der Waals surface area contributed by atoms with Gasteiger partial charge in [-0.3, -0.25) is 4.79 Å². The van der Waals surface area contributed by atoms with E-state index >= 15 is 0 Å². The molecule has 0 saturated carbocycles. The van der Waals surface area contributed by atoms with Crippen LogP contribution in [0.3, 0.4) is 0 Å². The Kier molecular flexibility index (Phi) is 4.28. The maximum atomic E-state index is 11.8. The number of carbonyl (C=O) groups excluding carboxylic acids is 1. The number of aromatic nitrogens is 1. The predicted molar refractivity (Wildman–Crippen MR) is 74.4 cm³/mol. The number of nitrogens with two attached hydrogens (primary N) is 1.